The van der Waals surface area contributed by atoms with Crippen molar-refractivity contribution < 1.29 is 0 Å². The van der Waals surface area contributed by atoms with Gasteiger partial charge in [-0.3, -0.25) is 0 Å². The highest BCUT2D eigenvalue weighted by molar-refractivity contribution is 8.03. The van der Waals surface area contributed by atoms with Crippen LogP contribution in [0.2, 0.25) is 0 Å². The third-order valence-electron chi connectivity index (χ3n) is 1.83. The first kappa shape index (κ1) is 10.2. The predicted octanol–water partition coefficient (Wildman–Crippen LogP) is 2.87. The molecule has 1 rings (SSSR count). The second-order valence-electron chi connectivity index (χ2n) is 3.11. The van der Waals surface area contributed by atoms with Crippen LogP contribution in [0.5, 0.6) is 0 Å². The van der Waals surface area contributed by atoms with Crippen LogP contribution in [0, 0.1) is 0 Å². The minimum Gasteiger partial charge on any atom is -0.326 e. The molecule has 0 fully saturated rings. The van der Waals surface area contributed by atoms with Crippen LogP contribution in [0.15, 0.2) is 22.6 Å². The van der Waals surface area contributed by atoms with Crippen molar-refractivity contribution >= 4 is 23.4 Å². The Bertz CT molecular complexity index is 213. The van der Waals surface area contributed by atoms with Crippen molar-refractivity contribution in [2.75, 3.05) is 0 Å². The first-order valence-corrected chi connectivity index (χ1v) is 5.27. The van der Waals surface area contributed by atoms with E-state index in [-0.39, 0.29) is 6.04 Å². The minimum atomic E-state index is 0.184. The Labute approximate surface area is 83.0 Å². The Morgan fingerprint density at radius 3 is 3.00 bits per heavy atom. The summed E-state index contributed by atoms with van der Waals surface area (Å²) in [5, 5.41) is 1.37. The van der Waals surface area contributed by atoms with Gasteiger partial charge in [0.2, 0.25) is 0 Å². The monoisotopic (exact) mass is 203 g/mol. The zero-order valence-electron chi connectivity index (χ0n) is 7.22. The Hall–Kier alpha value is 0.0800. The predicted molar refractivity (Wildman–Crippen MR) is 57.3 cm³/mol. The van der Waals surface area contributed by atoms with Crippen LogP contribution in [0.4, 0.5) is 0 Å². The molecule has 0 heterocycles. The van der Waals surface area contributed by atoms with E-state index >= 15 is 0 Å². The molecule has 0 aromatic carbocycles. The Kier molecular flexibility index (Phi) is 3.69. The molecule has 1 nitrogen and oxygen atoms in total. The number of rotatable bonds is 2. The first-order valence-electron chi connectivity index (χ1n) is 4.02. The molecule has 1 aliphatic carbocycles. The van der Waals surface area contributed by atoms with E-state index in [1.807, 2.05) is 6.92 Å². The van der Waals surface area contributed by atoms with Crippen molar-refractivity contribution in [1.82, 2.24) is 0 Å². The lowest BCUT2D eigenvalue weighted by Crippen LogP contribution is -2.34. The number of halogens is 1. The van der Waals surface area contributed by atoms with Gasteiger partial charge >= 0.3 is 0 Å². The van der Waals surface area contributed by atoms with Crippen molar-refractivity contribution in [1.29, 1.82) is 0 Å². The van der Waals surface area contributed by atoms with Gasteiger partial charge in [-0.15, -0.1) is 11.8 Å². The van der Waals surface area contributed by atoms with E-state index in [4.69, 9.17) is 17.3 Å². The van der Waals surface area contributed by atoms with Crippen LogP contribution < -0.4 is 5.73 Å². The number of hydrogen-bond donors (Lipinski definition) is 1. The fourth-order valence-corrected chi connectivity index (χ4v) is 2.50. The molecular formula is C9H14ClNS. The maximum absolute atomic E-state index is 5.93. The Morgan fingerprint density at radius 1 is 1.83 bits per heavy atom. The molecule has 0 bridgehead atoms. The third-order valence-corrected chi connectivity index (χ3v) is 3.39. The number of allylic oxidation sites excluding steroid dienone is 2. The summed E-state index contributed by atoms with van der Waals surface area (Å²) in [6, 6.07) is 0.184. The molecule has 0 aromatic rings. The molecule has 68 valence electrons. The molecule has 0 saturated carbocycles. The van der Waals surface area contributed by atoms with Crippen LogP contribution in [-0.4, -0.2) is 11.3 Å². The second kappa shape index (κ2) is 4.35. The SMILES string of the molecule is C=C(C)S[C@H]1CC=C(Cl)CC1N. The molecule has 0 aliphatic heterocycles. The summed E-state index contributed by atoms with van der Waals surface area (Å²) >= 11 is 7.63. The standard InChI is InChI=1S/C9H14ClNS/c1-6(2)12-9-4-3-7(10)5-8(9)11/h3,8-9H,1,4-5,11H2,2H3/t8?,9-/m0/s1. The maximum atomic E-state index is 5.93. The topological polar surface area (TPSA) is 26.0 Å². The van der Waals surface area contributed by atoms with Gasteiger partial charge in [0.25, 0.3) is 0 Å². The Balaban J connectivity index is 2.51. The lowest BCUT2D eigenvalue weighted by Gasteiger charge is -2.25. The molecule has 3 heteroatoms. The Morgan fingerprint density at radius 2 is 2.50 bits per heavy atom. The summed E-state index contributed by atoms with van der Waals surface area (Å²) in [7, 11) is 0. The van der Waals surface area contributed by atoms with E-state index in [9.17, 15) is 0 Å². The van der Waals surface area contributed by atoms with Crippen LogP contribution in [0.25, 0.3) is 0 Å². The summed E-state index contributed by atoms with van der Waals surface area (Å²) in [4.78, 5) is 1.13. The molecule has 1 aliphatic rings. The summed E-state index contributed by atoms with van der Waals surface area (Å²) < 4.78 is 0. The molecule has 2 atom stereocenters. The van der Waals surface area contributed by atoms with Gasteiger partial charge in [-0.25, -0.2) is 0 Å². The molecule has 12 heavy (non-hydrogen) atoms. The lowest BCUT2D eigenvalue weighted by atomic mass is 10.0. The summed E-state index contributed by atoms with van der Waals surface area (Å²) in [5.74, 6) is 0. The lowest BCUT2D eigenvalue weighted by molar-refractivity contribution is 0.617. The highest BCUT2D eigenvalue weighted by Crippen LogP contribution is 2.31. The van der Waals surface area contributed by atoms with Gasteiger partial charge in [0, 0.05) is 16.3 Å². The molecule has 0 aromatic heterocycles. The normalized spacial score (nSPS) is 29.8. The fraction of sp³-hybridized carbons (Fsp3) is 0.556. The smallest absolute Gasteiger partial charge is 0.0281 e. The molecule has 2 N–H and O–H groups in total. The molecule has 0 radical (unpaired) electrons. The van der Waals surface area contributed by atoms with E-state index in [1.165, 1.54) is 0 Å². The average Bonchev–Trinajstić information content (AvgIpc) is 1.94. The molecule has 0 saturated heterocycles. The molecule has 0 amide bonds. The van der Waals surface area contributed by atoms with Gasteiger partial charge in [0.1, 0.15) is 0 Å². The van der Waals surface area contributed by atoms with Crippen molar-refractivity contribution in [2.45, 2.75) is 31.1 Å². The summed E-state index contributed by atoms with van der Waals surface area (Å²) in [5.41, 5.74) is 5.93. The fourth-order valence-electron chi connectivity index (χ4n) is 1.25. The number of hydrogen-bond acceptors (Lipinski definition) is 2. The average molecular weight is 204 g/mol. The van der Waals surface area contributed by atoms with Crippen molar-refractivity contribution in [3.63, 3.8) is 0 Å². The van der Waals surface area contributed by atoms with Gasteiger partial charge in [-0.05, 0) is 24.7 Å². The van der Waals surface area contributed by atoms with Gasteiger partial charge < -0.3 is 5.73 Å². The molecule has 1 unspecified atom stereocenters. The molecular weight excluding hydrogens is 190 g/mol. The highest BCUT2D eigenvalue weighted by atomic mass is 35.5. The van der Waals surface area contributed by atoms with Crippen LogP contribution in [-0.2, 0) is 0 Å². The quantitative estimate of drug-likeness (QED) is 0.747. The number of thioether (sulfide) groups is 1. The van der Waals surface area contributed by atoms with E-state index in [2.05, 4.69) is 12.7 Å². The summed E-state index contributed by atoms with van der Waals surface area (Å²) in [6.07, 6.45) is 3.84. The van der Waals surface area contributed by atoms with Crippen molar-refractivity contribution in [2.24, 2.45) is 5.73 Å². The van der Waals surface area contributed by atoms with Crippen LogP contribution >= 0.6 is 23.4 Å². The number of nitrogens with two attached hydrogens (primary N) is 1. The van der Waals surface area contributed by atoms with Crippen LogP contribution in [0.1, 0.15) is 19.8 Å². The van der Waals surface area contributed by atoms with Gasteiger partial charge in [0.05, 0.1) is 0 Å². The first-order chi connectivity index (χ1) is 5.59. The second-order valence-corrected chi connectivity index (χ2v) is 5.14. The zero-order chi connectivity index (χ0) is 9.14. The maximum Gasteiger partial charge on any atom is 0.0281 e. The third kappa shape index (κ3) is 2.85. The van der Waals surface area contributed by atoms with E-state index in [1.54, 1.807) is 11.8 Å². The van der Waals surface area contributed by atoms with Crippen molar-refractivity contribution in [3.8, 4) is 0 Å². The van der Waals surface area contributed by atoms with E-state index < -0.39 is 0 Å². The van der Waals surface area contributed by atoms with E-state index in [0.717, 1.165) is 22.8 Å². The molecule has 0 spiro atoms. The van der Waals surface area contributed by atoms with Gasteiger partial charge in [-0.1, -0.05) is 24.3 Å². The van der Waals surface area contributed by atoms with Crippen LogP contribution in [0.3, 0.4) is 0 Å². The van der Waals surface area contributed by atoms with E-state index in [0.29, 0.717) is 5.25 Å². The minimum absolute atomic E-state index is 0.184. The highest BCUT2D eigenvalue weighted by Gasteiger charge is 2.22. The van der Waals surface area contributed by atoms with Gasteiger partial charge in [0.15, 0.2) is 0 Å². The largest absolute Gasteiger partial charge is 0.326 e. The summed E-state index contributed by atoms with van der Waals surface area (Å²) in [6.45, 7) is 5.87. The van der Waals surface area contributed by atoms with Crippen molar-refractivity contribution in [3.05, 3.63) is 22.6 Å². The van der Waals surface area contributed by atoms with Gasteiger partial charge in [-0.2, -0.15) is 0 Å². The zero-order valence-corrected chi connectivity index (χ0v) is 8.79.